The van der Waals surface area contributed by atoms with E-state index in [1.807, 2.05) is 68.4 Å². The van der Waals surface area contributed by atoms with E-state index in [1.54, 1.807) is 25.1 Å². The first-order valence-electron chi connectivity index (χ1n) is 9.79. The number of esters is 1. The number of benzene rings is 3. The molecule has 0 saturated heterocycles. The van der Waals surface area contributed by atoms with Gasteiger partial charge in [-0.2, -0.15) is 0 Å². The number of ether oxygens (including phenoxy) is 2. The van der Waals surface area contributed by atoms with Crippen molar-refractivity contribution in [2.75, 3.05) is 5.32 Å². The lowest BCUT2D eigenvalue weighted by molar-refractivity contribution is -0.123. The van der Waals surface area contributed by atoms with Crippen molar-refractivity contribution in [3.63, 3.8) is 0 Å². The molecule has 5 nitrogen and oxygen atoms in total. The Kier molecular flexibility index (Phi) is 6.86. The third kappa shape index (κ3) is 5.26. The Balaban J connectivity index is 1.66. The number of hydrogen-bond donors (Lipinski definition) is 1. The summed E-state index contributed by atoms with van der Waals surface area (Å²) in [5, 5.41) is 2.86. The normalized spacial score (nSPS) is 11.4. The molecule has 0 aliphatic rings. The molecule has 0 heterocycles. The first-order valence-corrected chi connectivity index (χ1v) is 9.79. The number of nitrogens with one attached hydrogen (secondary N) is 1. The first kappa shape index (κ1) is 21.1. The van der Waals surface area contributed by atoms with Crippen molar-refractivity contribution in [2.24, 2.45) is 0 Å². The molecule has 3 aromatic carbocycles. The highest BCUT2D eigenvalue weighted by Crippen LogP contribution is 2.20. The minimum atomic E-state index is -0.945. The smallest absolute Gasteiger partial charge is 0.339 e. The summed E-state index contributed by atoms with van der Waals surface area (Å²) >= 11 is 0. The summed E-state index contributed by atoms with van der Waals surface area (Å²) < 4.78 is 11.2. The van der Waals surface area contributed by atoms with Gasteiger partial charge in [0, 0.05) is 11.3 Å². The van der Waals surface area contributed by atoms with Crippen LogP contribution in [0.15, 0.2) is 72.8 Å². The monoisotopic (exact) mass is 403 g/mol. The van der Waals surface area contributed by atoms with Crippen molar-refractivity contribution in [2.45, 2.75) is 33.5 Å². The van der Waals surface area contributed by atoms with E-state index in [0.29, 0.717) is 16.9 Å². The topological polar surface area (TPSA) is 64.6 Å². The van der Waals surface area contributed by atoms with Crippen LogP contribution >= 0.6 is 0 Å². The van der Waals surface area contributed by atoms with Crippen LogP contribution in [-0.4, -0.2) is 18.0 Å². The van der Waals surface area contributed by atoms with Gasteiger partial charge in [0.15, 0.2) is 6.10 Å². The number of amides is 1. The summed E-state index contributed by atoms with van der Waals surface area (Å²) in [5.74, 6) is -0.229. The van der Waals surface area contributed by atoms with E-state index in [4.69, 9.17) is 9.47 Å². The second-order valence-electron chi connectivity index (χ2n) is 7.06. The largest absolute Gasteiger partial charge is 0.489 e. The Bertz CT molecular complexity index is 1010. The fourth-order valence-corrected chi connectivity index (χ4v) is 3.04. The average Bonchev–Trinajstić information content (AvgIpc) is 2.75. The number of carbonyl (C=O) groups excluding carboxylic acids is 2. The maximum absolute atomic E-state index is 12.7. The molecule has 1 N–H and O–H groups in total. The van der Waals surface area contributed by atoms with Crippen LogP contribution in [0.3, 0.4) is 0 Å². The molecule has 0 unspecified atom stereocenters. The van der Waals surface area contributed by atoms with Crippen molar-refractivity contribution in [1.29, 1.82) is 0 Å². The average molecular weight is 403 g/mol. The van der Waals surface area contributed by atoms with E-state index in [0.717, 1.165) is 16.8 Å². The van der Waals surface area contributed by atoms with Gasteiger partial charge in [0.1, 0.15) is 12.4 Å². The van der Waals surface area contributed by atoms with Crippen LogP contribution in [0.5, 0.6) is 5.75 Å². The molecule has 0 radical (unpaired) electrons. The number of para-hydroxylation sites is 2. The molecule has 0 fully saturated rings. The zero-order valence-corrected chi connectivity index (χ0v) is 17.3. The SMILES string of the molecule is Cc1cccc(C)c1NC(=O)[C@H](C)OC(=O)c1ccccc1COc1ccccc1. The van der Waals surface area contributed by atoms with Crippen LogP contribution in [0, 0.1) is 13.8 Å². The van der Waals surface area contributed by atoms with Crippen LogP contribution in [0.4, 0.5) is 5.69 Å². The zero-order valence-electron chi connectivity index (χ0n) is 17.3. The second-order valence-corrected chi connectivity index (χ2v) is 7.06. The fraction of sp³-hybridized carbons (Fsp3) is 0.200. The molecular weight excluding hydrogens is 378 g/mol. The van der Waals surface area contributed by atoms with Gasteiger partial charge >= 0.3 is 5.97 Å². The van der Waals surface area contributed by atoms with Gasteiger partial charge in [0.25, 0.3) is 5.91 Å². The van der Waals surface area contributed by atoms with E-state index in [2.05, 4.69) is 5.32 Å². The predicted octanol–water partition coefficient (Wildman–Crippen LogP) is 5.07. The van der Waals surface area contributed by atoms with Gasteiger partial charge in [-0.1, -0.05) is 54.6 Å². The van der Waals surface area contributed by atoms with Crippen LogP contribution in [0.25, 0.3) is 0 Å². The molecule has 1 amide bonds. The van der Waals surface area contributed by atoms with Gasteiger partial charge in [-0.15, -0.1) is 0 Å². The minimum Gasteiger partial charge on any atom is -0.489 e. The van der Waals surface area contributed by atoms with E-state index < -0.39 is 12.1 Å². The minimum absolute atomic E-state index is 0.221. The van der Waals surface area contributed by atoms with Crippen molar-refractivity contribution in [3.05, 3.63) is 95.1 Å². The molecule has 0 aliphatic heterocycles. The number of hydrogen-bond acceptors (Lipinski definition) is 4. The molecule has 30 heavy (non-hydrogen) atoms. The van der Waals surface area contributed by atoms with Crippen LogP contribution < -0.4 is 10.1 Å². The Labute approximate surface area is 176 Å². The van der Waals surface area contributed by atoms with E-state index in [1.165, 1.54) is 0 Å². The van der Waals surface area contributed by atoms with Crippen LogP contribution in [0.2, 0.25) is 0 Å². The van der Waals surface area contributed by atoms with Gasteiger partial charge in [-0.05, 0) is 50.1 Å². The molecule has 0 spiro atoms. The summed E-state index contributed by atoms with van der Waals surface area (Å²) in [7, 11) is 0. The third-order valence-corrected chi connectivity index (χ3v) is 4.76. The van der Waals surface area contributed by atoms with Gasteiger partial charge in [-0.3, -0.25) is 4.79 Å². The number of carbonyl (C=O) groups is 2. The van der Waals surface area contributed by atoms with Crippen molar-refractivity contribution < 1.29 is 19.1 Å². The van der Waals surface area contributed by atoms with Gasteiger partial charge in [-0.25, -0.2) is 4.79 Å². The number of aryl methyl sites for hydroxylation is 2. The van der Waals surface area contributed by atoms with Gasteiger partial charge in [0.05, 0.1) is 5.56 Å². The number of anilines is 1. The van der Waals surface area contributed by atoms with E-state index in [-0.39, 0.29) is 12.5 Å². The summed E-state index contributed by atoms with van der Waals surface area (Å²) in [5.41, 5.74) is 3.70. The first-order chi connectivity index (χ1) is 14.5. The Hall–Kier alpha value is -3.60. The lowest BCUT2D eigenvalue weighted by Crippen LogP contribution is -2.30. The van der Waals surface area contributed by atoms with Crippen LogP contribution in [-0.2, 0) is 16.1 Å². The van der Waals surface area contributed by atoms with E-state index >= 15 is 0 Å². The van der Waals surface area contributed by atoms with Crippen molar-refractivity contribution >= 4 is 17.6 Å². The van der Waals surface area contributed by atoms with Crippen LogP contribution in [0.1, 0.15) is 34.0 Å². The maximum atomic E-state index is 12.7. The molecule has 0 aromatic heterocycles. The quantitative estimate of drug-likeness (QED) is 0.560. The molecule has 5 heteroatoms. The molecule has 3 aromatic rings. The standard InChI is InChI=1S/C25H25NO4/c1-17-10-9-11-18(2)23(17)26-24(27)19(3)30-25(28)22-15-8-7-12-20(22)16-29-21-13-5-4-6-14-21/h4-15,19H,16H2,1-3H3,(H,26,27)/t19-/m0/s1. The number of rotatable bonds is 7. The Morgan fingerprint density at radius 1 is 0.867 bits per heavy atom. The summed E-state index contributed by atoms with van der Waals surface area (Å²) in [6, 6.07) is 22.2. The summed E-state index contributed by atoms with van der Waals surface area (Å²) in [6.45, 7) is 5.62. The Morgan fingerprint density at radius 3 is 2.20 bits per heavy atom. The third-order valence-electron chi connectivity index (χ3n) is 4.76. The molecule has 154 valence electrons. The zero-order chi connectivity index (χ0) is 21.5. The highest BCUT2D eigenvalue weighted by atomic mass is 16.5. The lowest BCUT2D eigenvalue weighted by atomic mass is 10.1. The lowest BCUT2D eigenvalue weighted by Gasteiger charge is -2.17. The fourth-order valence-electron chi connectivity index (χ4n) is 3.04. The van der Waals surface area contributed by atoms with E-state index in [9.17, 15) is 9.59 Å². The summed E-state index contributed by atoms with van der Waals surface area (Å²) in [4.78, 5) is 25.3. The highest BCUT2D eigenvalue weighted by molar-refractivity contribution is 5.98. The second kappa shape index (κ2) is 9.74. The molecule has 0 bridgehead atoms. The molecule has 0 saturated carbocycles. The molecule has 3 rings (SSSR count). The molecule has 0 aliphatic carbocycles. The van der Waals surface area contributed by atoms with Crippen molar-refractivity contribution in [1.82, 2.24) is 0 Å². The van der Waals surface area contributed by atoms with Gasteiger partial charge < -0.3 is 14.8 Å². The summed E-state index contributed by atoms with van der Waals surface area (Å²) in [6.07, 6.45) is -0.945. The Morgan fingerprint density at radius 2 is 1.50 bits per heavy atom. The molecule has 1 atom stereocenters. The van der Waals surface area contributed by atoms with Gasteiger partial charge in [0.2, 0.25) is 0 Å². The molecular formula is C25H25NO4. The van der Waals surface area contributed by atoms with Crippen molar-refractivity contribution in [3.8, 4) is 5.75 Å². The highest BCUT2D eigenvalue weighted by Gasteiger charge is 2.21. The maximum Gasteiger partial charge on any atom is 0.339 e. The predicted molar refractivity (Wildman–Crippen MR) is 117 cm³/mol.